The van der Waals surface area contributed by atoms with E-state index in [0.29, 0.717) is 12.2 Å². The van der Waals surface area contributed by atoms with Crippen LogP contribution >= 0.6 is 15.4 Å². The van der Waals surface area contributed by atoms with Gasteiger partial charge in [0.25, 0.3) is 0 Å². The second-order valence-electron chi connectivity index (χ2n) is 7.01. The number of hydrogen-bond donors (Lipinski definition) is 2. The van der Waals surface area contributed by atoms with E-state index in [1.807, 2.05) is 25.1 Å². The first-order valence-corrected chi connectivity index (χ1v) is 13.4. The van der Waals surface area contributed by atoms with Crippen molar-refractivity contribution < 1.29 is 40.6 Å². The summed E-state index contributed by atoms with van der Waals surface area (Å²) in [5, 5.41) is 0. The van der Waals surface area contributed by atoms with Crippen LogP contribution in [0.1, 0.15) is 58.3 Å². The normalized spacial score (nSPS) is 16.8. The molecular weight excluding hydrogens is 468 g/mol. The van der Waals surface area contributed by atoms with Crippen LogP contribution in [0.5, 0.6) is 5.75 Å². The summed E-state index contributed by atoms with van der Waals surface area (Å²) in [6, 6.07) is 7.38. The van der Waals surface area contributed by atoms with Crippen LogP contribution in [0, 0.1) is 0 Å². The van der Waals surface area contributed by atoms with Crippen molar-refractivity contribution in [2.24, 2.45) is 0 Å². The van der Waals surface area contributed by atoms with Gasteiger partial charge in [0.05, 0.1) is 6.16 Å². The molecule has 5 nitrogen and oxygen atoms in total. The topological polar surface area (TPSA) is 75.2 Å². The van der Waals surface area contributed by atoms with Gasteiger partial charge in [0, 0.05) is 18.3 Å². The fraction of sp³-hybridized carbons (Fsp3) is 0.500. The minimum Gasteiger partial charge on any atom is 1.00 e. The number of aryl methyl sites for hydroxylation is 1. The number of aromatic amines is 1. The van der Waals surface area contributed by atoms with Crippen LogP contribution in [0.4, 0.5) is 25.2 Å². The molecule has 13 heteroatoms. The second kappa shape index (κ2) is 9.92. The van der Waals surface area contributed by atoms with Crippen LogP contribution < -0.4 is 4.52 Å². The molecule has 2 atom stereocenters. The summed E-state index contributed by atoms with van der Waals surface area (Å²) in [7, 11) is -14.3. The zero-order valence-electron chi connectivity index (χ0n) is 18.2. The molecule has 2 N–H and O–H groups in total. The van der Waals surface area contributed by atoms with Crippen molar-refractivity contribution in [2.75, 3.05) is 6.16 Å². The molecule has 0 saturated heterocycles. The number of hydrogen-bond acceptors (Lipinski definition) is 3. The van der Waals surface area contributed by atoms with Crippen molar-refractivity contribution in [3.05, 3.63) is 48.0 Å². The molecule has 2 rings (SSSR count). The maximum Gasteiger partial charge on any atom is 1.00 e. The van der Waals surface area contributed by atoms with E-state index in [-0.39, 0.29) is 13.5 Å². The third kappa shape index (κ3) is 15.0. The molecule has 31 heavy (non-hydrogen) atoms. The Hall–Kier alpha value is -1.57. The monoisotopic (exact) mass is 496 g/mol. The van der Waals surface area contributed by atoms with Gasteiger partial charge in [0.1, 0.15) is 11.6 Å². The van der Waals surface area contributed by atoms with Crippen LogP contribution in [-0.4, -0.2) is 21.0 Å². The summed E-state index contributed by atoms with van der Waals surface area (Å²) in [5.41, 5.74) is 1.09. The molecule has 1 aromatic carbocycles. The average Bonchev–Trinajstić information content (AvgIpc) is 3.13. The zero-order chi connectivity index (χ0) is 23.8. The molecular formula is C18H28F6N2O3P2. The Labute approximate surface area is 178 Å². The molecule has 0 bridgehead atoms. The number of unbranched alkanes of at least 4 members (excludes halogenated alkanes) is 1. The van der Waals surface area contributed by atoms with E-state index in [1.54, 1.807) is 18.5 Å². The molecule has 2 aromatic rings. The smallest absolute Gasteiger partial charge is 1.00 e. The second-order valence-corrected chi connectivity index (χ2v) is 10.8. The Bertz CT molecular complexity index is 856. The molecule has 0 amide bonds. The molecule has 0 aliphatic rings. The SMILES string of the molecule is CCCCC(CCP(=O)(O)Oc1cccc(CC)c1)c1ncc[nH]1.F[P-](F)(F)(F)(F)F.[H+]. The van der Waals surface area contributed by atoms with Crippen molar-refractivity contribution in [3.8, 4) is 5.75 Å². The summed E-state index contributed by atoms with van der Waals surface area (Å²) in [5.74, 6) is 1.51. The number of benzene rings is 1. The van der Waals surface area contributed by atoms with E-state index in [4.69, 9.17) is 4.52 Å². The number of rotatable bonds is 10. The first-order chi connectivity index (χ1) is 14.0. The van der Waals surface area contributed by atoms with Crippen LogP contribution in [0.25, 0.3) is 0 Å². The molecule has 0 aliphatic heterocycles. The van der Waals surface area contributed by atoms with Crippen molar-refractivity contribution >= 4 is 15.4 Å². The summed E-state index contributed by atoms with van der Waals surface area (Å²) in [6.45, 7) is 4.18. The first kappa shape index (κ1) is 27.5. The number of halogens is 6. The van der Waals surface area contributed by atoms with E-state index in [0.717, 1.165) is 37.1 Å². The van der Waals surface area contributed by atoms with Crippen molar-refractivity contribution in [1.29, 1.82) is 0 Å². The van der Waals surface area contributed by atoms with Crippen LogP contribution in [-0.2, 0) is 11.0 Å². The molecule has 180 valence electrons. The van der Waals surface area contributed by atoms with E-state index in [2.05, 4.69) is 16.9 Å². The Balaban J connectivity index is 0.00000104. The van der Waals surface area contributed by atoms with Gasteiger partial charge >= 0.3 is 42.0 Å². The van der Waals surface area contributed by atoms with Gasteiger partial charge in [-0.1, -0.05) is 38.8 Å². The molecule has 1 heterocycles. The summed E-state index contributed by atoms with van der Waals surface area (Å²) in [6.07, 6.45) is 8.20. The quantitative estimate of drug-likeness (QED) is 0.256. The van der Waals surface area contributed by atoms with Gasteiger partial charge in [-0.3, -0.25) is 0 Å². The van der Waals surface area contributed by atoms with Gasteiger partial charge in [0.15, 0.2) is 0 Å². The van der Waals surface area contributed by atoms with Crippen LogP contribution in [0.15, 0.2) is 36.7 Å². The molecule has 1 aromatic heterocycles. The van der Waals surface area contributed by atoms with Gasteiger partial charge in [-0.15, -0.1) is 0 Å². The largest absolute Gasteiger partial charge is 1.00 e. The number of aromatic nitrogens is 2. The number of H-pyrrole nitrogens is 1. The minimum atomic E-state index is -10.7. The van der Waals surface area contributed by atoms with Gasteiger partial charge in [0.2, 0.25) is 0 Å². The predicted molar refractivity (Wildman–Crippen MR) is 111 cm³/mol. The Kier molecular flexibility index (Phi) is 8.79. The average molecular weight is 496 g/mol. The van der Waals surface area contributed by atoms with E-state index >= 15 is 0 Å². The molecule has 0 aliphatic carbocycles. The van der Waals surface area contributed by atoms with Crippen LogP contribution in [0.3, 0.4) is 0 Å². The molecule has 0 radical (unpaired) electrons. The fourth-order valence-corrected chi connectivity index (χ4v) is 3.89. The molecule has 0 saturated carbocycles. The number of nitrogens with zero attached hydrogens (tertiary/aromatic N) is 1. The molecule has 0 fully saturated rings. The first-order valence-electron chi connectivity index (χ1n) is 9.65. The van der Waals surface area contributed by atoms with Gasteiger partial charge in [-0.2, -0.15) is 0 Å². The van der Waals surface area contributed by atoms with Gasteiger partial charge < -0.3 is 14.4 Å². The van der Waals surface area contributed by atoms with E-state index < -0.39 is 15.4 Å². The zero-order valence-corrected chi connectivity index (χ0v) is 18.9. The van der Waals surface area contributed by atoms with E-state index in [1.165, 1.54) is 0 Å². The summed E-state index contributed by atoms with van der Waals surface area (Å²) >= 11 is 0. The van der Waals surface area contributed by atoms with Crippen molar-refractivity contribution in [3.63, 3.8) is 0 Å². The third-order valence-electron chi connectivity index (χ3n) is 4.13. The minimum absolute atomic E-state index is 0. The number of nitrogens with one attached hydrogen (secondary N) is 1. The Morgan fingerprint density at radius 1 is 1.19 bits per heavy atom. The Morgan fingerprint density at radius 2 is 1.84 bits per heavy atom. The number of imidazole rings is 1. The van der Waals surface area contributed by atoms with Gasteiger partial charge in [-0.25, -0.2) is 9.55 Å². The third-order valence-corrected chi connectivity index (χ3v) is 5.45. The Morgan fingerprint density at radius 3 is 2.35 bits per heavy atom. The fourth-order valence-electron chi connectivity index (χ4n) is 2.72. The van der Waals surface area contributed by atoms with E-state index in [9.17, 15) is 34.6 Å². The van der Waals surface area contributed by atoms with Crippen molar-refractivity contribution in [1.82, 2.24) is 9.97 Å². The van der Waals surface area contributed by atoms with Gasteiger partial charge in [-0.05, 0) is 37.0 Å². The van der Waals surface area contributed by atoms with Crippen LogP contribution in [0.2, 0.25) is 0 Å². The molecule has 2 unspecified atom stereocenters. The maximum atomic E-state index is 12.4. The summed E-state index contributed by atoms with van der Waals surface area (Å²) in [4.78, 5) is 17.6. The summed E-state index contributed by atoms with van der Waals surface area (Å²) < 4.78 is 77.0. The standard InChI is InChI=1S/C18H27N2O3P.F6P/c1-3-5-8-16(18-19-11-12-20-18)10-13-24(21,22)23-17-9-6-7-15(4-2)14-17;1-7(2,3,4,5)6/h6-7,9,11-12,14,16H,3-5,8,10,13H2,1-2H3,(H,19,20)(H,21,22);/q;-1/p+1. The predicted octanol–water partition coefficient (Wildman–Crippen LogP) is 8.40. The molecule has 0 spiro atoms. The maximum absolute atomic E-state index is 12.4. The van der Waals surface area contributed by atoms with Crippen molar-refractivity contribution in [2.45, 2.75) is 51.9 Å².